The van der Waals surface area contributed by atoms with Crippen molar-refractivity contribution in [3.8, 4) is 28.7 Å². The van der Waals surface area contributed by atoms with E-state index < -0.39 is 5.97 Å². The number of carbonyl (C=O) groups is 1. The normalized spacial score (nSPS) is 10.4. The van der Waals surface area contributed by atoms with Crippen molar-refractivity contribution >= 4 is 5.97 Å². The lowest BCUT2D eigenvalue weighted by Gasteiger charge is -2.13. The molecule has 0 amide bonds. The van der Waals surface area contributed by atoms with Gasteiger partial charge in [0.05, 0.1) is 21.3 Å². The number of hydrogen-bond donors (Lipinski definition) is 0. The second-order valence-electron chi connectivity index (χ2n) is 5.87. The number of hydrogen-bond acceptors (Lipinski definition) is 8. The van der Waals surface area contributed by atoms with E-state index in [-0.39, 0.29) is 18.0 Å². The molecule has 0 aliphatic heterocycles. The van der Waals surface area contributed by atoms with E-state index in [2.05, 4.69) is 10.1 Å². The van der Waals surface area contributed by atoms with Crippen LogP contribution in [0.4, 0.5) is 0 Å². The maximum atomic E-state index is 12.5. The zero-order chi connectivity index (χ0) is 20.1. The molecule has 2 aromatic carbocycles. The van der Waals surface area contributed by atoms with Crippen molar-refractivity contribution in [1.29, 1.82) is 0 Å². The topological polar surface area (TPSA) is 92.9 Å². The number of carbonyl (C=O) groups excluding carboxylic acids is 1. The molecule has 0 spiro atoms. The van der Waals surface area contributed by atoms with Gasteiger partial charge in [-0.25, -0.2) is 4.79 Å². The van der Waals surface area contributed by atoms with Crippen molar-refractivity contribution in [1.82, 2.24) is 10.1 Å². The van der Waals surface area contributed by atoms with Gasteiger partial charge in [0.15, 0.2) is 18.1 Å². The van der Waals surface area contributed by atoms with Gasteiger partial charge in [-0.05, 0) is 19.1 Å². The number of aromatic nitrogens is 2. The molecule has 0 fully saturated rings. The highest BCUT2D eigenvalue weighted by Crippen LogP contribution is 2.35. The fraction of sp³-hybridized carbons (Fsp3) is 0.250. The van der Waals surface area contributed by atoms with Crippen LogP contribution in [-0.2, 0) is 11.3 Å². The fourth-order valence-electron chi connectivity index (χ4n) is 2.52. The van der Waals surface area contributed by atoms with Crippen molar-refractivity contribution in [2.24, 2.45) is 0 Å². The molecule has 0 unspecified atom stereocenters. The molecule has 1 aromatic heterocycles. The summed E-state index contributed by atoms with van der Waals surface area (Å²) in [4.78, 5) is 16.7. The molecular formula is C20H20N2O6. The smallest absolute Gasteiger partial charge is 0.342 e. The van der Waals surface area contributed by atoms with E-state index in [9.17, 15) is 4.79 Å². The van der Waals surface area contributed by atoms with Gasteiger partial charge in [-0.3, -0.25) is 0 Å². The first kappa shape index (κ1) is 19.2. The Labute approximate surface area is 162 Å². The molecule has 8 heteroatoms. The second-order valence-corrected chi connectivity index (χ2v) is 5.87. The minimum Gasteiger partial charge on any atom is -0.496 e. The molecule has 3 rings (SSSR count). The minimum atomic E-state index is -0.612. The van der Waals surface area contributed by atoms with E-state index in [0.717, 1.165) is 11.1 Å². The zero-order valence-electron chi connectivity index (χ0n) is 16.0. The number of methoxy groups -OCH3 is 3. The molecule has 3 aromatic rings. The van der Waals surface area contributed by atoms with Gasteiger partial charge in [0.25, 0.3) is 5.89 Å². The molecule has 28 heavy (non-hydrogen) atoms. The lowest BCUT2D eigenvalue weighted by molar-refractivity contribution is 0.0455. The quantitative estimate of drug-likeness (QED) is 0.572. The van der Waals surface area contributed by atoms with E-state index in [0.29, 0.717) is 23.1 Å². The minimum absolute atomic E-state index is 0.147. The molecule has 0 N–H and O–H groups in total. The molecule has 0 saturated carbocycles. The molecule has 0 radical (unpaired) electrons. The Kier molecular flexibility index (Phi) is 5.78. The van der Waals surface area contributed by atoms with Crippen LogP contribution < -0.4 is 14.2 Å². The van der Waals surface area contributed by atoms with E-state index in [1.165, 1.54) is 27.4 Å². The Morgan fingerprint density at radius 1 is 0.964 bits per heavy atom. The van der Waals surface area contributed by atoms with Crippen LogP contribution in [0, 0.1) is 6.92 Å². The Hall–Kier alpha value is -3.55. The standard InChI is InChI=1S/C20H20N2O6/c1-12-5-7-13(8-6-12)19-21-18(22-28-19)11-27-20(23)14-9-16(25-3)17(26-4)10-15(14)24-2/h5-10H,11H2,1-4H3. The summed E-state index contributed by atoms with van der Waals surface area (Å²) >= 11 is 0. The van der Waals surface area contributed by atoms with Crippen molar-refractivity contribution in [3.63, 3.8) is 0 Å². The van der Waals surface area contributed by atoms with Gasteiger partial charge < -0.3 is 23.5 Å². The van der Waals surface area contributed by atoms with Crippen molar-refractivity contribution in [2.45, 2.75) is 13.5 Å². The van der Waals surface area contributed by atoms with Crippen LogP contribution in [0.25, 0.3) is 11.5 Å². The fourth-order valence-corrected chi connectivity index (χ4v) is 2.52. The molecule has 146 valence electrons. The second kappa shape index (κ2) is 8.43. The third-order valence-corrected chi connectivity index (χ3v) is 4.02. The first-order chi connectivity index (χ1) is 13.5. The van der Waals surface area contributed by atoms with E-state index in [4.69, 9.17) is 23.5 Å². The van der Waals surface area contributed by atoms with Crippen LogP contribution >= 0.6 is 0 Å². The Morgan fingerprint density at radius 2 is 1.61 bits per heavy atom. The third-order valence-electron chi connectivity index (χ3n) is 4.02. The van der Waals surface area contributed by atoms with Gasteiger partial charge in [0, 0.05) is 17.7 Å². The molecule has 0 aliphatic carbocycles. The molecule has 0 atom stereocenters. The largest absolute Gasteiger partial charge is 0.496 e. The van der Waals surface area contributed by atoms with Gasteiger partial charge >= 0.3 is 5.97 Å². The first-order valence-corrected chi connectivity index (χ1v) is 8.42. The first-order valence-electron chi connectivity index (χ1n) is 8.42. The number of aryl methyl sites for hydroxylation is 1. The summed E-state index contributed by atoms with van der Waals surface area (Å²) in [6.07, 6.45) is 0. The average Bonchev–Trinajstić information content (AvgIpc) is 3.20. The summed E-state index contributed by atoms with van der Waals surface area (Å²) in [5.41, 5.74) is 2.11. The summed E-state index contributed by atoms with van der Waals surface area (Å²) in [7, 11) is 4.42. The Bertz CT molecular complexity index is 965. The van der Waals surface area contributed by atoms with Crippen LogP contribution in [0.3, 0.4) is 0 Å². The van der Waals surface area contributed by atoms with Crippen molar-refractivity contribution < 1.29 is 28.3 Å². The Morgan fingerprint density at radius 3 is 2.25 bits per heavy atom. The average molecular weight is 384 g/mol. The molecule has 0 bridgehead atoms. The number of nitrogens with zero attached hydrogens (tertiary/aromatic N) is 2. The summed E-state index contributed by atoms with van der Waals surface area (Å²) in [5, 5.41) is 3.85. The molecule has 0 saturated heterocycles. The molecule has 1 heterocycles. The summed E-state index contributed by atoms with van der Waals surface area (Å²) in [6.45, 7) is 1.84. The summed E-state index contributed by atoms with van der Waals surface area (Å²) in [6, 6.07) is 10.7. The highest BCUT2D eigenvalue weighted by atomic mass is 16.5. The summed E-state index contributed by atoms with van der Waals surface area (Å²) < 4.78 is 26.2. The monoisotopic (exact) mass is 384 g/mol. The maximum absolute atomic E-state index is 12.5. The maximum Gasteiger partial charge on any atom is 0.342 e. The predicted octanol–water partition coefficient (Wildman–Crippen LogP) is 3.43. The molecule has 8 nitrogen and oxygen atoms in total. The summed E-state index contributed by atoms with van der Waals surface area (Å²) in [5.74, 6) is 1.13. The van der Waals surface area contributed by atoms with Gasteiger partial charge in [-0.15, -0.1) is 0 Å². The van der Waals surface area contributed by atoms with Crippen molar-refractivity contribution in [2.75, 3.05) is 21.3 Å². The van der Waals surface area contributed by atoms with Crippen LogP contribution in [0.1, 0.15) is 21.7 Å². The van der Waals surface area contributed by atoms with Gasteiger partial charge in [0.1, 0.15) is 11.3 Å². The van der Waals surface area contributed by atoms with Crippen LogP contribution in [0.5, 0.6) is 17.2 Å². The van der Waals surface area contributed by atoms with Crippen LogP contribution in [0.15, 0.2) is 40.9 Å². The number of ether oxygens (including phenoxy) is 4. The Balaban J connectivity index is 1.73. The molecular weight excluding hydrogens is 364 g/mol. The molecule has 0 aliphatic rings. The predicted molar refractivity (Wildman–Crippen MR) is 99.7 cm³/mol. The van der Waals surface area contributed by atoms with Crippen LogP contribution in [-0.4, -0.2) is 37.4 Å². The SMILES string of the molecule is COc1cc(OC)c(C(=O)OCc2noc(-c3ccc(C)cc3)n2)cc1OC. The van der Waals surface area contributed by atoms with Crippen LogP contribution in [0.2, 0.25) is 0 Å². The zero-order valence-corrected chi connectivity index (χ0v) is 16.0. The van der Waals surface area contributed by atoms with Crippen molar-refractivity contribution in [3.05, 3.63) is 53.3 Å². The lowest BCUT2D eigenvalue weighted by Crippen LogP contribution is -2.09. The highest BCUT2D eigenvalue weighted by Gasteiger charge is 2.20. The van der Waals surface area contributed by atoms with E-state index in [1.807, 2.05) is 31.2 Å². The third kappa shape index (κ3) is 4.06. The van der Waals surface area contributed by atoms with E-state index >= 15 is 0 Å². The van der Waals surface area contributed by atoms with Gasteiger partial charge in [-0.1, -0.05) is 22.9 Å². The number of esters is 1. The highest BCUT2D eigenvalue weighted by molar-refractivity contribution is 5.93. The van der Waals surface area contributed by atoms with E-state index in [1.54, 1.807) is 6.07 Å². The number of rotatable bonds is 7. The van der Waals surface area contributed by atoms with Gasteiger partial charge in [0.2, 0.25) is 5.82 Å². The number of benzene rings is 2. The van der Waals surface area contributed by atoms with Gasteiger partial charge in [-0.2, -0.15) is 4.98 Å². The lowest BCUT2D eigenvalue weighted by atomic mass is 10.1.